The lowest BCUT2D eigenvalue weighted by atomic mass is 10.1. The van der Waals surface area contributed by atoms with E-state index >= 15 is 0 Å². The molecule has 1 N–H and O–H groups in total. The Bertz CT molecular complexity index is 754. The number of rotatable bonds is 6. The summed E-state index contributed by atoms with van der Waals surface area (Å²) in [5.74, 6) is 0.332. The molecule has 2 amide bonds. The van der Waals surface area contributed by atoms with Gasteiger partial charge in [0, 0.05) is 30.2 Å². The van der Waals surface area contributed by atoms with E-state index < -0.39 is 0 Å². The highest BCUT2D eigenvalue weighted by Gasteiger charge is 2.35. The number of hydrogen-bond acceptors (Lipinski definition) is 3. The van der Waals surface area contributed by atoms with Gasteiger partial charge in [0.15, 0.2) is 0 Å². The second-order valence-corrected chi connectivity index (χ2v) is 7.38. The summed E-state index contributed by atoms with van der Waals surface area (Å²) in [6, 6.07) is 17.3. The number of amides is 2. The van der Waals surface area contributed by atoms with E-state index in [0.717, 1.165) is 5.75 Å². The van der Waals surface area contributed by atoms with Gasteiger partial charge in [-0.2, -0.15) is 0 Å². The van der Waals surface area contributed by atoms with Gasteiger partial charge < -0.3 is 10.2 Å². The summed E-state index contributed by atoms with van der Waals surface area (Å²) in [6.07, 6.45) is 0.225. The lowest BCUT2D eigenvalue weighted by Crippen LogP contribution is -2.34. The molecule has 25 heavy (non-hydrogen) atoms. The Kier molecular flexibility index (Phi) is 6.00. The van der Waals surface area contributed by atoms with Crippen LogP contribution < -0.4 is 10.2 Å². The number of nitrogens with zero attached hydrogens (tertiary/aromatic N) is 1. The van der Waals surface area contributed by atoms with Crippen LogP contribution in [-0.4, -0.2) is 30.7 Å². The normalized spacial score (nSPS) is 16.9. The number of carbonyl (C=O) groups is 2. The molecule has 0 aliphatic carbocycles. The zero-order chi connectivity index (χ0) is 17.6. The Morgan fingerprint density at radius 2 is 1.88 bits per heavy atom. The monoisotopic (exact) mass is 374 g/mol. The summed E-state index contributed by atoms with van der Waals surface area (Å²) in [5.41, 5.74) is 0.670. The van der Waals surface area contributed by atoms with E-state index in [2.05, 4.69) is 5.32 Å². The maximum Gasteiger partial charge on any atom is 0.227 e. The standard InChI is InChI=1S/C19H19ClN2O2S/c20-16-8-4-5-9-17(16)22-13-14(12-18(22)23)19(24)21-10-11-25-15-6-2-1-3-7-15/h1-9,14H,10-13H2,(H,21,24). The third-order valence-corrected chi connectivity index (χ3v) is 5.39. The molecule has 1 aliphatic rings. The van der Waals surface area contributed by atoms with Gasteiger partial charge in [0.25, 0.3) is 0 Å². The van der Waals surface area contributed by atoms with Crippen LogP contribution >= 0.6 is 23.4 Å². The molecular formula is C19H19ClN2O2S. The van der Waals surface area contributed by atoms with E-state index in [9.17, 15) is 9.59 Å². The van der Waals surface area contributed by atoms with Crippen molar-refractivity contribution in [1.82, 2.24) is 5.32 Å². The summed E-state index contributed by atoms with van der Waals surface area (Å²) in [6.45, 7) is 0.954. The third-order valence-electron chi connectivity index (χ3n) is 4.05. The fraction of sp³-hybridized carbons (Fsp3) is 0.263. The van der Waals surface area contributed by atoms with Crippen LogP contribution in [0.5, 0.6) is 0 Å². The first-order valence-corrected chi connectivity index (χ1v) is 9.52. The number of carbonyl (C=O) groups excluding carboxylic acids is 2. The second-order valence-electron chi connectivity index (χ2n) is 5.81. The smallest absolute Gasteiger partial charge is 0.227 e. The molecule has 1 heterocycles. The predicted molar refractivity (Wildman–Crippen MR) is 102 cm³/mol. The summed E-state index contributed by atoms with van der Waals surface area (Å²) in [5, 5.41) is 3.45. The van der Waals surface area contributed by atoms with E-state index in [1.165, 1.54) is 4.90 Å². The van der Waals surface area contributed by atoms with Crippen molar-refractivity contribution >= 4 is 40.9 Å². The molecule has 1 saturated heterocycles. The molecule has 0 spiro atoms. The van der Waals surface area contributed by atoms with Gasteiger partial charge in [-0.05, 0) is 24.3 Å². The molecule has 6 heteroatoms. The number of halogens is 1. The van der Waals surface area contributed by atoms with Crippen LogP contribution in [-0.2, 0) is 9.59 Å². The zero-order valence-electron chi connectivity index (χ0n) is 13.7. The number of benzene rings is 2. The van der Waals surface area contributed by atoms with Crippen molar-refractivity contribution in [2.24, 2.45) is 5.92 Å². The van der Waals surface area contributed by atoms with Gasteiger partial charge in [-0.3, -0.25) is 9.59 Å². The minimum Gasteiger partial charge on any atom is -0.355 e. The average Bonchev–Trinajstić information content (AvgIpc) is 3.01. The molecule has 130 valence electrons. The highest BCUT2D eigenvalue weighted by molar-refractivity contribution is 7.99. The Hall–Kier alpha value is -1.98. The lowest BCUT2D eigenvalue weighted by Gasteiger charge is -2.18. The Labute approximate surface area is 156 Å². The Balaban J connectivity index is 1.49. The molecule has 1 aliphatic heterocycles. The van der Waals surface area contributed by atoms with Crippen LogP contribution in [0.4, 0.5) is 5.69 Å². The molecule has 2 aromatic rings. The minimum atomic E-state index is -0.328. The first-order valence-electron chi connectivity index (χ1n) is 8.15. The highest BCUT2D eigenvalue weighted by Crippen LogP contribution is 2.31. The van der Waals surface area contributed by atoms with Gasteiger partial charge in [0.05, 0.1) is 16.6 Å². The largest absolute Gasteiger partial charge is 0.355 e. The van der Waals surface area contributed by atoms with Gasteiger partial charge in [0.1, 0.15) is 0 Å². The summed E-state index contributed by atoms with van der Waals surface area (Å²) in [7, 11) is 0. The van der Waals surface area contributed by atoms with Crippen LogP contribution in [0.15, 0.2) is 59.5 Å². The zero-order valence-corrected chi connectivity index (χ0v) is 15.2. The maximum absolute atomic E-state index is 12.3. The topological polar surface area (TPSA) is 49.4 Å². The van der Waals surface area contributed by atoms with Gasteiger partial charge in [-0.15, -0.1) is 11.8 Å². The number of thioether (sulfide) groups is 1. The quantitative estimate of drug-likeness (QED) is 0.620. The van der Waals surface area contributed by atoms with Gasteiger partial charge in [-0.25, -0.2) is 0 Å². The molecule has 0 bridgehead atoms. The molecule has 2 aromatic carbocycles. The molecule has 4 nitrogen and oxygen atoms in total. The number of hydrogen-bond donors (Lipinski definition) is 1. The van der Waals surface area contributed by atoms with Crippen molar-refractivity contribution in [2.75, 3.05) is 23.7 Å². The molecule has 1 fully saturated rings. The first-order chi connectivity index (χ1) is 12.1. The molecular weight excluding hydrogens is 356 g/mol. The molecule has 0 radical (unpaired) electrons. The fourth-order valence-electron chi connectivity index (χ4n) is 2.79. The van der Waals surface area contributed by atoms with E-state index in [0.29, 0.717) is 23.8 Å². The Morgan fingerprint density at radius 1 is 1.16 bits per heavy atom. The van der Waals surface area contributed by atoms with Crippen LogP contribution in [0.3, 0.4) is 0 Å². The first kappa shape index (κ1) is 17.8. The molecule has 0 saturated carbocycles. The number of nitrogens with one attached hydrogen (secondary N) is 1. The molecule has 3 rings (SSSR count). The van der Waals surface area contributed by atoms with E-state index in [4.69, 9.17) is 11.6 Å². The van der Waals surface area contributed by atoms with Crippen molar-refractivity contribution in [3.8, 4) is 0 Å². The molecule has 0 aromatic heterocycles. The van der Waals surface area contributed by atoms with Crippen molar-refractivity contribution < 1.29 is 9.59 Å². The van der Waals surface area contributed by atoms with Gasteiger partial charge in [0.2, 0.25) is 11.8 Å². The van der Waals surface area contributed by atoms with Crippen molar-refractivity contribution in [3.63, 3.8) is 0 Å². The van der Waals surface area contributed by atoms with Crippen LogP contribution in [0.2, 0.25) is 5.02 Å². The van der Waals surface area contributed by atoms with Crippen molar-refractivity contribution in [3.05, 3.63) is 59.6 Å². The summed E-state index contributed by atoms with van der Waals surface area (Å²) < 4.78 is 0. The number of anilines is 1. The van der Waals surface area contributed by atoms with E-state index in [1.807, 2.05) is 42.5 Å². The fourth-order valence-corrected chi connectivity index (χ4v) is 3.82. The van der Waals surface area contributed by atoms with Crippen LogP contribution in [0, 0.1) is 5.92 Å². The number of para-hydroxylation sites is 1. The molecule has 1 unspecified atom stereocenters. The van der Waals surface area contributed by atoms with Crippen LogP contribution in [0.25, 0.3) is 0 Å². The van der Waals surface area contributed by atoms with Crippen LogP contribution in [0.1, 0.15) is 6.42 Å². The summed E-state index contributed by atoms with van der Waals surface area (Å²) >= 11 is 7.86. The molecule has 1 atom stereocenters. The van der Waals surface area contributed by atoms with Crippen molar-refractivity contribution in [1.29, 1.82) is 0 Å². The predicted octanol–water partition coefficient (Wildman–Crippen LogP) is 3.60. The van der Waals surface area contributed by atoms with Crippen molar-refractivity contribution in [2.45, 2.75) is 11.3 Å². The SMILES string of the molecule is O=C(NCCSc1ccccc1)C1CC(=O)N(c2ccccc2Cl)C1. The third kappa shape index (κ3) is 4.55. The average molecular weight is 375 g/mol. The van der Waals surface area contributed by atoms with Gasteiger partial charge >= 0.3 is 0 Å². The highest BCUT2D eigenvalue weighted by atomic mass is 35.5. The summed E-state index contributed by atoms with van der Waals surface area (Å²) in [4.78, 5) is 27.4. The maximum atomic E-state index is 12.3. The lowest BCUT2D eigenvalue weighted by molar-refractivity contribution is -0.126. The van der Waals surface area contributed by atoms with E-state index in [-0.39, 0.29) is 24.2 Å². The Morgan fingerprint density at radius 3 is 2.64 bits per heavy atom. The van der Waals surface area contributed by atoms with E-state index in [1.54, 1.807) is 28.8 Å². The van der Waals surface area contributed by atoms with Gasteiger partial charge in [-0.1, -0.05) is 41.9 Å². The minimum absolute atomic E-state index is 0.0630. The second kappa shape index (κ2) is 8.41.